The molecule has 3 rings (SSSR count). The van der Waals surface area contributed by atoms with Crippen LogP contribution in [0.2, 0.25) is 0 Å². The molecule has 0 atom stereocenters. The van der Waals surface area contributed by atoms with Gasteiger partial charge in [0, 0.05) is 29.2 Å². The summed E-state index contributed by atoms with van der Waals surface area (Å²) >= 11 is 0. The van der Waals surface area contributed by atoms with E-state index in [2.05, 4.69) is 32.0 Å². The average molecular weight is 474 g/mol. The van der Waals surface area contributed by atoms with Crippen LogP contribution in [0.5, 0.6) is 5.75 Å². The van der Waals surface area contributed by atoms with E-state index in [1.165, 1.54) is 23.0 Å². The standard InChI is InChI=1S/C22H21F3N6O3/c1-2-19(33)28-12-18(26)20-17(14-11-29-31(13-14)9-10-32)7-8-27-21(20)30-15-3-5-16(6-4-15)34-22(23,24)25/h2-8,11,13,26,32H,1,9-10,12H2,(H,27,30)(H,28,33). The Morgan fingerprint density at radius 1 is 1.26 bits per heavy atom. The van der Waals surface area contributed by atoms with Crippen LogP contribution in [-0.2, 0) is 11.3 Å². The van der Waals surface area contributed by atoms with E-state index in [1.807, 2.05) is 0 Å². The number of hydrogen-bond donors (Lipinski definition) is 4. The first kappa shape index (κ1) is 24.5. The van der Waals surface area contributed by atoms with Crippen LogP contribution in [0.15, 0.2) is 61.6 Å². The molecule has 0 aliphatic rings. The highest BCUT2D eigenvalue weighted by Crippen LogP contribution is 2.31. The van der Waals surface area contributed by atoms with Crippen LogP contribution in [0.3, 0.4) is 0 Å². The molecule has 0 radical (unpaired) electrons. The third kappa shape index (κ3) is 6.42. The fraction of sp³-hybridized carbons (Fsp3) is 0.182. The highest BCUT2D eigenvalue weighted by atomic mass is 19.4. The number of hydrogen-bond acceptors (Lipinski definition) is 7. The number of nitrogens with zero attached hydrogens (tertiary/aromatic N) is 3. The predicted octanol–water partition coefficient (Wildman–Crippen LogP) is 3.25. The van der Waals surface area contributed by atoms with Gasteiger partial charge in [-0.3, -0.25) is 9.48 Å². The third-order valence-corrected chi connectivity index (χ3v) is 4.50. The molecule has 0 unspecified atom stereocenters. The third-order valence-electron chi connectivity index (χ3n) is 4.50. The zero-order valence-electron chi connectivity index (χ0n) is 17.8. The Morgan fingerprint density at radius 3 is 2.65 bits per heavy atom. The normalized spacial score (nSPS) is 11.1. The number of alkyl halides is 3. The van der Waals surface area contributed by atoms with E-state index < -0.39 is 12.3 Å². The summed E-state index contributed by atoms with van der Waals surface area (Å²) in [5, 5.41) is 27.4. The maximum absolute atomic E-state index is 12.4. The molecule has 2 aromatic heterocycles. The number of aliphatic hydroxyl groups is 1. The summed E-state index contributed by atoms with van der Waals surface area (Å²) in [6.45, 7) is 3.44. The lowest BCUT2D eigenvalue weighted by atomic mass is 9.99. The minimum atomic E-state index is -4.80. The van der Waals surface area contributed by atoms with Crippen molar-refractivity contribution >= 4 is 23.1 Å². The van der Waals surface area contributed by atoms with Crippen LogP contribution in [0, 0.1) is 5.41 Å². The summed E-state index contributed by atoms with van der Waals surface area (Å²) in [7, 11) is 0. The van der Waals surface area contributed by atoms with Crippen molar-refractivity contribution in [2.24, 2.45) is 0 Å². The van der Waals surface area contributed by atoms with Crippen molar-refractivity contribution in [3.8, 4) is 16.9 Å². The number of aliphatic hydroxyl groups excluding tert-OH is 1. The van der Waals surface area contributed by atoms with Crippen molar-refractivity contribution in [3.63, 3.8) is 0 Å². The summed E-state index contributed by atoms with van der Waals surface area (Å²) in [6, 6.07) is 6.72. The van der Waals surface area contributed by atoms with Gasteiger partial charge in [-0.2, -0.15) is 5.10 Å². The molecule has 9 nitrogen and oxygen atoms in total. The zero-order chi connectivity index (χ0) is 24.7. The fourth-order valence-corrected chi connectivity index (χ4v) is 3.04. The van der Waals surface area contributed by atoms with Crippen molar-refractivity contribution in [1.82, 2.24) is 20.1 Å². The number of anilines is 2. The van der Waals surface area contributed by atoms with E-state index in [9.17, 15) is 18.0 Å². The van der Waals surface area contributed by atoms with Gasteiger partial charge in [-0.1, -0.05) is 6.58 Å². The second kappa shape index (κ2) is 10.6. The van der Waals surface area contributed by atoms with E-state index >= 15 is 0 Å². The lowest BCUT2D eigenvalue weighted by Crippen LogP contribution is -2.28. The summed E-state index contributed by atoms with van der Waals surface area (Å²) < 4.78 is 42.7. The average Bonchev–Trinajstić information content (AvgIpc) is 3.26. The van der Waals surface area contributed by atoms with Crippen LogP contribution in [-0.4, -0.2) is 51.0 Å². The quantitative estimate of drug-likeness (QED) is 0.264. The summed E-state index contributed by atoms with van der Waals surface area (Å²) in [5.41, 5.74) is 2.00. The highest BCUT2D eigenvalue weighted by molar-refractivity contribution is 6.10. The zero-order valence-corrected chi connectivity index (χ0v) is 17.8. The molecule has 34 heavy (non-hydrogen) atoms. The Bertz CT molecular complexity index is 1180. The summed E-state index contributed by atoms with van der Waals surface area (Å²) in [6.07, 6.45) is 1.04. The molecule has 1 aromatic carbocycles. The Hall–Kier alpha value is -4.19. The van der Waals surface area contributed by atoms with Crippen molar-refractivity contribution in [3.05, 3.63) is 67.1 Å². The van der Waals surface area contributed by atoms with E-state index in [1.54, 1.807) is 18.5 Å². The molecule has 0 saturated carbocycles. The van der Waals surface area contributed by atoms with Gasteiger partial charge < -0.3 is 25.9 Å². The first-order valence-corrected chi connectivity index (χ1v) is 9.93. The summed E-state index contributed by atoms with van der Waals surface area (Å²) in [5.74, 6) is -0.591. The molecular weight excluding hydrogens is 453 g/mol. The lowest BCUT2D eigenvalue weighted by molar-refractivity contribution is -0.274. The minimum Gasteiger partial charge on any atom is -0.406 e. The molecule has 178 valence electrons. The van der Waals surface area contributed by atoms with Gasteiger partial charge in [-0.15, -0.1) is 13.2 Å². The molecule has 0 aliphatic heterocycles. The smallest absolute Gasteiger partial charge is 0.406 e. The second-order valence-electron chi connectivity index (χ2n) is 6.90. The monoisotopic (exact) mass is 474 g/mol. The number of ether oxygens (including phenoxy) is 1. The Kier molecular flexibility index (Phi) is 7.64. The Balaban J connectivity index is 1.96. The molecule has 0 fully saturated rings. The molecule has 1 amide bonds. The molecule has 0 aliphatic carbocycles. The number of amides is 1. The van der Waals surface area contributed by atoms with Gasteiger partial charge in [0.15, 0.2) is 0 Å². The summed E-state index contributed by atoms with van der Waals surface area (Å²) in [4.78, 5) is 15.9. The number of halogens is 3. The largest absolute Gasteiger partial charge is 0.573 e. The number of carbonyl (C=O) groups is 1. The fourth-order valence-electron chi connectivity index (χ4n) is 3.04. The van der Waals surface area contributed by atoms with Crippen LogP contribution >= 0.6 is 0 Å². The first-order chi connectivity index (χ1) is 16.2. The molecule has 2 heterocycles. The number of rotatable bonds is 10. The maximum atomic E-state index is 12.4. The van der Waals surface area contributed by atoms with Crippen molar-refractivity contribution in [2.45, 2.75) is 12.9 Å². The van der Waals surface area contributed by atoms with Gasteiger partial charge in [-0.05, 0) is 42.0 Å². The number of benzene rings is 1. The van der Waals surface area contributed by atoms with Gasteiger partial charge >= 0.3 is 6.36 Å². The minimum absolute atomic E-state index is 0.0210. The number of pyridine rings is 1. The molecular formula is C22H21F3N6O3. The molecule has 0 bridgehead atoms. The van der Waals surface area contributed by atoms with Crippen LogP contribution in [0.1, 0.15) is 5.56 Å². The van der Waals surface area contributed by atoms with Gasteiger partial charge in [-0.25, -0.2) is 4.98 Å². The van der Waals surface area contributed by atoms with Crippen molar-refractivity contribution in [2.75, 3.05) is 18.5 Å². The van der Waals surface area contributed by atoms with E-state index in [-0.39, 0.29) is 37.0 Å². The Morgan fingerprint density at radius 2 is 2.00 bits per heavy atom. The molecule has 0 saturated heterocycles. The lowest BCUT2D eigenvalue weighted by Gasteiger charge is -2.16. The molecule has 0 spiro atoms. The maximum Gasteiger partial charge on any atom is 0.573 e. The second-order valence-corrected chi connectivity index (χ2v) is 6.90. The van der Waals surface area contributed by atoms with Gasteiger partial charge in [0.1, 0.15) is 11.6 Å². The van der Waals surface area contributed by atoms with Gasteiger partial charge in [0.05, 0.1) is 31.6 Å². The van der Waals surface area contributed by atoms with Gasteiger partial charge in [0.25, 0.3) is 0 Å². The first-order valence-electron chi connectivity index (χ1n) is 9.93. The number of aromatic nitrogens is 3. The SMILES string of the molecule is C=CC(=O)NCC(=N)c1c(-c2cnn(CCO)c2)ccnc1Nc1ccc(OC(F)(F)F)cc1. The van der Waals surface area contributed by atoms with Crippen LogP contribution < -0.4 is 15.4 Å². The molecule has 12 heteroatoms. The predicted molar refractivity (Wildman–Crippen MR) is 119 cm³/mol. The van der Waals surface area contributed by atoms with Crippen LogP contribution in [0.25, 0.3) is 11.1 Å². The number of nitrogens with one attached hydrogen (secondary N) is 3. The topological polar surface area (TPSA) is 125 Å². The van der Waals surface area contributed by atoms with E-state index in [0.29, 0.717) is 22.4 Å². The van der Waals surface area contributed by atoms with Crippen LogP contribution in [0.4, 0.5) is 24.7 Å². The van der Waals surface area contributed by atoms with Crippen molar-refractivity contribution in [1.29, 1.82) is 5.41 Å². The molecule has 4 N–H and O–H groups in total. The van der Waals surface area contributed by atoms with Gasteiger partial charge in [0.2, 0.25) is 5.91 Å². The Labute approximate surface area is 192 Å². The van der Waals surface area contributed by atoms with E-state index in [0.717, 1.165) is 18.2 Å². The molecule has 3 aromatic rings. The van der Waals surface area contributed by atoms with Crippen molar-refractivity contribution < 1.29 is 27.8 Å². The highest BCUT2D eigenvalue weighted by Gasteiger charge is 2.31. The number of carbonyl (C=O) groups excluding carboxylic acids is 1. The van der Waals surface area contributed by atoms with E-state index in [4.69, 9.17) is 10.5 Å².